The van der Waals surface area contributed by atoms with Crippen LogP contribution in [0.1, 0.15) is 18.6 Å². The Morgan fingerprint density at radius 1 is 1.43 bits per heavy atom. The van der Waals surface area contributed by atoms with Crippen molar-refractivity contribution in [3.63, 3.8) is 0 Å². The van der Waals surface area contributed by atoms with Crippen LogP contribution in [0, 0.1) is 0 Å². The molecule has 0 aliphatic carbocycles. The Bertz CT molecular complexity index is 259. The number of hydrogen-bond acceptors (Lipinski definition) is 5. The van der Waals surface area contributed by atoms with Gasteiger partial charge in [0.1, 0.15) is 0 Å². The average molecular weight is 198 g/mol. The normalized spacial score (nSPS) is 11.1. The lowest BCUT2D eigenvalue weighted by Crippen LogP contribution is -2.16. The maximum Gasteiger partial charge on any atom is 0.227 e. The summed E-state index contributed by atoms with van der Waals surface area (Å²) in [6, 6.07) is 0. The third-order valence-corrected chi connectivity index (χ3v) is 1.73. The third-order valence-electron chi connectivity index (χ3n) is 1.73. The van der Waals surface area contributed by atoms with Gasteiger partial charge in [-0.25, -0.2) is 0 Å². The van der Waals surface area contributed by atoms with Crippen molar-refractivity contribution < 1.29 is 4.52 Å². The predicted molar refractivity (Wildman–Crippen MR) is 53.9 cm³/mol. The van der Waals surface area contributed by atoms with Gasteiger partial charge in [0.15, 0.2) is 5.82 Å². The summed E-state index contributed by atoms with van der Waals surface area (Å²) < 4.78 is 5.08. The Kier molecular flexibility index (Phi) is 4.55. The molecule has 0 spiro atoms. The van der Waals surface area contributed by atoms with Crippen LogP contribution in [0.3, 0.4) is 0 Å². The predicted octanol–water partition coefficient (Wildman–Crippen LogP) is 0.283. The third kappa shape index (κ3) is 3.85. The number of likely N-dealkylation sites (N-methyl/N-ethyl adjacent to an activating group) is 1. The van der Waals surface area contributed by atoms with Crippen LogP contribution in [-0.4, -0.2) is 42.2 Å². The van der Waals surface area contributed by atoms with Gasteiger partial charge >= 0.3 is 0 Å². The maximum absolute atomic E-state index is 5.08. The van der Waals surface area contributed by atoms with Crippen molar-refractivity contribution >= 4 is 0 Å². The number of aromatic nitrogens is 2. The van der Waals surface area contributed by atoms with Crippen LogP contribution in [-0.2, 0) is 13.0 Å². The number of hydrogen-bond donors (Lipinski definition) is 1. The molecule has 1 aromatic heterocycles. The van der Waals surface area contributed by atoms with Gasteiger partial charge in [0.25, 0.3) is 0 Å². The first-order valence-corrected chi connectivity index (χ1v) is 4.89. The second-order valence-corrected chi connectivity index (χ2v) is 3.45. The van der Waals surface area contributed by atoms with Crippen LogP contribution in [0.4, 0.5) is 0 Å². The lowest BCUT2D eigenvalue weighted by molar-refractivity contribution is 0.348. The molecular formula is C9H18N4O. The number of nitrogens with one attached hydrogen (secondary N) is 1. The van der Waals surface area contributed by atoms with Gasteiger partial charge in [-0.15, -0.1) is 0 Å². The second-order valence-electron chi connectivity index (χ2n) is 3.45. The van der Waals surface area contributed by atoms with E-state index in [9.17, 15) is 0 Å². The molecule has 0 aromatic carbocycles. The summed E-state index contributed by atoms with van der Waals surface area (Å²) in [7, 11) is 3.96. The van der Waals surface area contributed by atoms with E-state index >= 15 is 0 Å². The van der Waals surface area contributed by atoms with Crippen LogP contribution in [0.25, 0.3) is 0 Å². The molecule has 0 aliphatic rings. The zero-order valence-corrected chi connectivity index (χ0v) is 9.08. The van der Waals surface area contributed by atoms with Crippen LogP contribution in [0.15, 0.2) is 4.52 Å². The summed E-state index contributed by atoms with van der Waals surface area (Å²) in [6.07, 6.45) is 0.800. The molecule has 0 unspecified atom stereocenters. The first kappa shape index (κ1) is 11.1. The van der Waals surface area contributed by atoms with Gasteiger partial charge in [0.05, 0.1) is 6.54 Å². The van der Waals surface area contributed by atoms with Crippen LogP contribution < -0.4 is 5.32 Å². The second kappa shape index (κ2) is 5.72. The molecule has 5 nitrogen and oxygen atoms in total. The van der Waals surface area contributed by atoms with Crippen molar-refractivity contribution in [1.29, 1.82) is 0 Å². The highest BCUT2D eigenvalue weighted by Crippen LogP contribution is 1.99. The first-order valence-electron chi connectivity index (χ1n) is 4.89. The van der Waals surface area contributed by atoms with Crippen molar-refractivity contribution in [2.45, 2.75) is 19.9 Å². The number of nitrogens with zero attached hydrogens (tertiary/aromatic N) is 3. The monoisotopic (exact) mass is 198 g/mol. The minimum atomic E-state index is 0.711. The highest BCUT2D eigenvalue weighted by molar-refractivity contribution is 4.86. The van der Waals surface area contributed by atoms with Gasteiger partial charge in [-0.3, -0.25) is 0 Å². The lowest BCUT2D eigenvalue weighted by Gasteiger charge is -2.03. The van der Waals surface area contributed by atoms with E-state index < -0.39 is 0 Å². The lowest BCUT2D eigenvalue weighted by atomic mass is 10.4. The quantitative estimate of drug-likeness (QED) is 0.665. The van der Waals surface area contributed by atoms with Crippen LogP contribution in [0.5, 0.6) is 0 Å². The van der Waals surface area contributed by atoms with Crippen molar-refractivity contribution in [3.8, 4) is 0 Å². The van der Waals surface area contributed by atoms with Gasteiger partial charge in [0.2, 0.25) is 5.89 Å². The van der Waals surface area contributed by atoms with E-state index in [4.69, 9.17) is 4.52 Å². The van der Waals surface area contributed by atoms with Crippen molar-refractivity contribution in [2.75, 3.05) is 27.2 Å². The molecule has 0 bridgehead atoms. The van der Waals surface area contributed by atoms with Gasteiger partial charge < -0.3 is 14.7 Å². The Morgan fingerprint density at radius 2 is 2.21 bits per heavy atom. The van der Waals surface area contributed by atoms with E-state index in [1.807, 2.05) is 19.0 Å². The first-order chi connectivity index (χ1) is 6.72. The molecule has 5 heteroatoms. The van der Waals surface area contributed by atoms with E-state index in [-0.39, 0.29) is 0 Å². The fraction of sp³-hybridized carbons (Fsp3) is 0.778. The molecule has 1 heterocycles. The van der Waals surface area contributed by atoms with E-state index in [0.717, 1.165) is 31.9 Å². The molecule has 0 fully saturated rings. The zero-order valence-electron chi connectivity index (χ0n) is 9.08. The molecule has 0 atom stereocenters. The molecule has 1 aromatic rings. The highest BCUT2D eigenvalue weighted by atomic mass is 16.5. The fourth-order valence-corrected chi connectivity index (χ4v) is 1.11. The molecule has 1 N–H and O–H groups in total. The summed E-state index contributed by atoms with van der Waals surface area (Å²) in [6.45, 7) is 4.66. The van der Waals surface area contributed by atoms with Crippen LogP contribution in [0.2, 0.25) is 0 Å². The Balaban J connectivity index is 2.35. The smallest absolute Gasteiger partial charge is 0.227 e. The average Bonchev–Trinajstić information content (AvgIpc) is 2.52. The Morgan fingerprint density at radius 3 is 2.86 bits per heavy atom. The SMILES string of the molecule is CCNCCc1nc(CN(C)C)no1. The summed E-state index contributed by atoms with van der Waals surface area (Å²) in [5.41, 5.74) is 0. The van der Waals surface area contributed by atoms with E-state index in [1.54, 1.807) is 0 Å². The zero-order chi connectivity index (χ0) is 10.4. The highest BCUT2D eigenvalue weighted by Gasteiger charge is 2.05. The van der Waals surface area contributed by atoms with Crippen molar-refractivity contribution in [3.05, 3.63) is 11.7 Å². The molecule has 14 heavy (non-hydrogen) atoms. The Labute approximate surface area is 84.5 Å². The summed E-state index contributed by atoms with van der Waals surface area (Å²) >= 11 is 0. The molecule has 0 aliphatic heterocycles. The van der Waals surface area contributed by atoms with Crippen molar-refractivity contribution in [1.82, 2.24) is 20.4 Å². The van der Waals surface area contributed by atoms with E-state index in [0.29, 0.717) is 5.89 Å². The van der Waals surface area contributed by atoms with E-state index in [2.05, 4.69) is 22.4 Å². The molecule has 0 saturated carbocycles. The van der Waals surface area contributed by atoms with Gasteiger partial charge in [0, 0.05) is 13.0 Å². The maximum atomic E-state index is 5.08. The van der Waals surface area contributed by atoms with Crippen molar-refractivity contribution in [2.24, 2.45) is 0 Å². The topological polar surface area (TPSA) is 54.2 Å². The summed E-state index contributed by atoms with van der Waals surface area (Å²) in [5.74, 6) is 1.46. The van der Waals surface area contributed by atoms with Gasteiger partial charge in [-0.1, -0.05) is 12.1 Å². The summed E-state index contributed by atoms with van der Waals surface area (Å²) in [5, 5.41) is 7.09. The van der Waals surface area contributed by atoms with Gasteiger partial charge in [-0.2, -0.15) is 4.98 Å². The molecule has 80 valence electrons. The molecule has 0 saturated heterocycles. The molecule has 1 rings (SSSR count). The molecule has 0 amide bonds. The number of rotatable bonds is 6. The largest absolute Gasteiger partial charge is 0.339 e. The van der Waals surface area contributed by atoms with Gasteiger partial charge in [-0.05, 0) is 20.6 Å². The Hall–Kier alpha value is -0.940. The standard InChI is InChI=1S/C9H18N4O/c1-4-10-6-5-9-11-8(12-14-9)7-13(2)3/h10H,4-7H2,1-3H3. The fourth-order valence-electron chi connectivity index (χ4n) is 1.11. The minimum absolute atomic E-state index is 0.711. The van der Waals surface area contributed by atoms with E-state index in [1.165, 1.54) is 0 Å². The van der Waals surface area contributed by atoms with Crippen LogP contribution >= 0.6 is 0 Å². The summed E-state index contributed by atoms with van der Waals surface area (Å²) in [4.78, 5) is 6.28. The molecule has 0 radical (unpaired) electrons. The minimum Gasteiger partial charge on any atom is -0.339 e. The molecular weight excluding hydrogens is 180 g/mol.